The van der Waals surface area contributed by atoms with Gasteiger partial charge in [0.1, 0.15) is 5.69 Å². The Kier molecular flexibility index (Phi) is 9.43. The molecule has 0 saturated heterocycles. The maximum atomic E-state index is 13.4. The first-order valence-electron chi connectivity index (χ1n) is 10.6. The van der Waals surface area contributed by atoms with E-state index in [9.17, 15) is 22.9 Å². The van der Waals surface area contributed by atoms with Crippen LogP contribution in [-0.2, 0) is 10.1 Å². The molecule has 38 heavy (non-hydrogen) atoms. The van der Waals surface area contributed by atoms with Crippen molar-refractivity contribution in [3.63, 3.8) is 0 Å². The summed E-state index contributed by atoms with van der Waals surface area (Å²) in [4.78, 5) is 12.8. The van der Waals surface area contributed by atoms with E-state index in [1.165, 1.54) is 26.2 Å². The third kappa shape index (κ3) is 6.13. The van der Waals surface area contributed by atoms with Crippen LogP contribution in [0.3, 0.4) is 0 Å². The number of carbonyl (C=O) groups excluding carboxylic acids is 1. The number of azo groups is 1. The van der Waals surface area contributed by atoms with Crippen molar-refractivity contribution in [3.05, 3.63) is 81.8 Å². The van der Waals surface area contributed by atoms with E-state index < -0.39 is 21.8 Å². The minimum atomic E-state index is -4.49. The topological polar surface area (TPSA) is 140 Å². The van der Waals surface area contributed by atoms with Gasteiger partial charge < -0.3 is 15.2 Å². The van der Waals surface area contributed by atoms with Crippen LogP contribution in [0.1, 0.15) is 15.9 Å². The minimum Gasteiger partial charge on any atom is -0.870 e. The predicted octanol–water partition coefficient (Wildman–Crippen LogP) is 3.46. The molecule has 2 N–H and O–H groups in total. The van der Waals surface area contributed by atoms with E-state index in [-0.39, 0.29) is 78.4 Å². The van der Waals surface area contributed by atoms with Gasteiger partial charge in [-0.2, -0.15) is 13.5 Å². The Morgan fingerprint density at radius 3 is 2.42 bits per heavy atom. The van der Waals surface area contributed by atoms with Crippen LogP contribution in [0, 0.1) is 6.92 Å². The van der Waals surface area contributed by atoms with E-state index in [1.807, 2.05) is 0 Å². The molecule has 4 rings (SSSR count). The van der Waals surface area contributed by atoms with Gasteiger partial charge in [-0.1, -0.05) is 59.3 Å². The van der Waals surface area contributed by atoms with Crippen LogP contribution in [0.4, 0.5) is 17.1 Å². The molecule has 0 radical (unpaired) electrons. The minimum absolute atomic E-state index is 0. The van der Waals surface area contributed by atoms with Crippen molar-refractivity contribution in [1.29, 1.82) is 0 Å². The fourth-order valence-corrected chi connectivity index (χ4v) is 4.94. The molecule has 4 aromatic carbocycles. The zero-order valence-electron chi connectivity index (χ0n) is 20.3. The summed E-state index contributed by atoms with van der Waals surface area (Å²) in [5.74, 6) is -1.16. The molecule has 0 fully saturated rings. The van der Waals surface area contributed by atoms with Gasteiger partial charge in [0.25, 0.3) is 16.0 Å². The molecule has 0 unspecified atom stereocenters. The number of rotatable bonds is 6. The molecule has 0 heterocycles. The number of halogens is 2. The number of anilines is 1. The number of nitrogens with one attached hydrogen (secondary N) is 1. The predicted molar refractivity (Wildman–Crippen MR) is 140 cm³/mol. The van der Waals surface area contributed by atoms with Crippen molar-refractivity contribution in [2.75, 3.05) is 12.4 Å². The Balaban J connectivity index is 0.00000400. The van der Waals surface area contributed by atoms with Gasteiger partial charge in [-0.25, -0.2) is 0 Å². The fraction of sp³-hybridized carbons (Fsp3) is 0.0800. The summed E-state index contributed by atoms with van der Waals surface area (Å²) < 4.78 is 37.7. The Bertz CT molecular complexity index is 1700. The van der Waals surface area contributed by atoms with Gasteiger partial charge in [-0.15, -0.1) is 5.11 Å². The average molecular weight is 582 g/mol. The van der Waals surface area contributed by atoms with Crippen LogP contribution in [0.25, 0.3) is 10.8 Å². The quantitative estimate of drug-likeness (QED) is 0.203. The molecule has 0 atom stereocenters. The molecule has 0 spiro atoms. The van der Waals surface area contributed by atoms with Crippen molar-refractivity contribution in [3.8, 4) is 11.5 Å². The maximum Gasteiger partial charge on any atom is 1.00 e. The van der Waals surface area contributed by atoms with E-state index in [4.69, 9.17) is 27.9 Å². The number of ether oxygens (including phenoxy) is 1. The van der Waals surface area contributed by atoms with Crippen LogP contribution in [-0.4, -0.2) is 26.0 Å². The molecular weight excluding hydrogens is 564 g/mol. The Morgan fingerprint density at radius 2 is 1.74 bits per heavy atom. The van der Waals surface area contributed by atoms with Gasteiger partial charge in [-0.3, -0.25) is 9.35 Å². The van der Waals surface area contributed by atoms with Crippen LogP contribution in [0.15, 0.2) is 75.8 Å². The Morgan fingerprint density at radius 1 is 1.03 bits per heavy atom. The van der Waals surface area contributed by atoms with E-state index in [1.54, 1.807) is 42.5 Å². The van der Waals surface area contributed by atoms with Gasteiger partial charge in [0.15, 0.2) is 5.75 Å². The number of hydrogen-bond donors (Lipinski definition) is 2. The SMILES string of the molecule is COc1c(Cl)cccc1NC(=O)c1cc2ccccc2c(N=Nc2cc(C)c(S(=O)(=O)O)cc2Cl)c1[O-].[Na+]. The number of benzene rings is 4. The van der Waals surface area contributed by atoms with Gasteiger partial charge in [0.2, 0.25) is 0 Å². The molecule has 0 saturated carbocycles. The van der Waals surface area contributed by atoms with E-state index in [0.29, 0.717) is 10.8 Å². The van der Waals surface area contributed by atoms with Crippen molar-refractivity contribution < 1.29 is 57.2 Å². The zero-order chi connectivity index (χ0) is 26.9. The summed E-state index contributed by atoms with van der Waals surface area (Å²) in [5.41, 5.74) is 0.203. The molecule has 190 valence electrons. The third-order valence-corrected chi connectivity index (χ3v) is 7.02. The first-order valence-corrected chi connectivity index (χ1v) is 12.8. The number of nitrogens with zero attached hydrogens (tertiary/aromatic N) is 2. The van der Waals surface area contributed by atoms with Crippen molar-refractivity contribution in [2.24, 2.45) is 10.2 Å². The molecule has 0 aliphatic rings. The summed E-state index contributed by atoms with van der Waals surface area (Å²) in [5, 5.41) is 25.3. The molecule has 0 aromatic heterocycles. The molecule has 0 aliphatic carbocycles. The molecule has 4 aromatic rings. The molecular formula is C25H18Cl2N3NaO6S. The van der Waals surface area contributed by atoms with Crippen LogP contribution >= 0.6 is 23.2 Å². The maximum absolute atomic E-state index is 13.4. The Hall–Kier alpha value is -2.70. The molecule has 0 aliphatic heterocycles. The smallest absolute Gasteiger partial charge is 0.870 e. The summed E-state index contributed by atoms with van der Waals surface area (Å²) in [6.07, 6.45) is 0. The third-order valence-electron chi connectivity index (χ3n) is 5.42. The summed E-state index contributed by atoms with van der Waals surface area (Å²) >= 11 is 12.3. The molecule has 1 amide bonds. The van der Waals surface area contributed by atoms with E-state index >= 15 is 0 Å². The number of carbonyl (C=O) groups is 1. The number of aryl methyl sites for hydroxylation is 1. The summed E-state index contributed by atoms with van der Waals surface area (Å²) in [6, 6.07) is 15.4. The van der Waals surface area contributed by atoms with E-state index in [0.717, 1.165) is 6.07 Å². The number of hydrogen-bond acceptors (Lipinski definition) is 7. The van der Waals surface area contributed by atoms with Crippen molar-refractivity contribution in [1.82, 2.24) is 0 Å². The van der Waals surface area contributed by atoms with Crippen LogP contribution in [0.2, 0.25) is 10.0 Å². The van der Waals surface area contributed by atoms with Crippen molar-refractivity contribution >= 4 is 67.1 Å². The first kappa shape index (κ1) is 29.9. The van der Waals surface area contributed by atoms with Gasteiger partial charge >= 0.3 is 29.6 Å². The summed E-state index contributed by atoms with van der Waals surface area (Å²) in [6.45, 7) is 1.45. The number of para-hydroxylation sites is 1. The average Bonchev–Trinajstić information content (AvgIpc) is 2.84. The Labute approximate surface area is 250 Å². The second-order valence-electron chi connectivity index (χ2n) is 7.84. The number of amides is 1. The largest absolute Gasteiger partial charge is 1.00 e. The van der Waals surface area contributed by atoms with Gasteiger partial charge in [0.05, 0.1) is 33.4 Å². The number of fused-ring (bicyclic) bond motifs is 1. The molecule has 0 bridgehead atoms. The van der Waals surface area contributed by atoms with Gasteiger partial charge in [-0.05, 0) is 48.2 Å². The monoisotopic (exact) mass is 581 g/mol. The molecule has 13 heteroatoms. The zero-order valence-corrected chi connectivity index (χ0v) is 24.6. The van der Waals surface area contributed by atoms with Gasteiger partial charge in [0, 0.05) is 10.9 Å². The normalized spacial score (nSPS) is 11.4. The molecule has 9 nitrogen and oxygen atoms in total. The van der Waals surface area contributed by atoms with E-state index in [2.05, 4.69) is 15.5 Å². The number of methoxy groups -OCH3 is 1. The second-order valence-corrected chi connectivity index (χ2v) is 10.0. The fourth-order valence-electron chi connectivity index (χ4n) is 3.69. The van der Waals surface area contributed by atoms with Crippen LogP contribution in [0.5, 0.6) is 11.5 Å². The first-order chi connectivity index (χ1) is 17.5. The van der Waals surface area contributed by atoms with Crippen LogP contribution < -0.4 is 44.7 Å². The standard InChI is InChI=1S/C25H19Cl2N3O6S.Na/c1-13-10-20(18(27)12-21(13)37(33,34)35)29-30-22-15-7-4-3-6-14(15)11-16(23(22)31)25(32)28-19-9-5-8-17(26)24(19)36-2;/h3-12,31H,1-2H3,(H,28,32)(H,33,34,35);/q;+1/p-1. The second kappa shape index (κ2) is 12.0. The van der Waals surface area contributed by atoms with Crippen molar-refractivity contribution in [2.45, 2.75) is 11.8 Å². The summed E-state index contributed by atoms with van der Waals surface area (Å²) in [7, 11) is -3.09.